The van der Waals surface area contributed by atoms with Crippen LogP contribution in [0.4, 0.5) is 0 Å². The van der Waals surface area contributed by atoms with E-state index < -0.39 is 0 Å². The Labute approximate surface area is 92.3 Å². The number of hydrogen-bond acceptors (Lipinski definition) is 2. The van der Waals surface area contributed by atoms with Gasteiger partial charge in [0.15, 0.2) is 0 Å². The largest absolute Gasteiger partial charge is 0.297 e. The third-order valence-corrected chi connectivity index (χ3v) is 1.27. The highest BCUT2D eigenvalue weighted by molar-refractivity contribution is 4.35. The molecule has 0 unspecified atom stereocenters. The van der Waals surface area contributed by atoms with E-state index in [-0.39, 0.29) is 0 Å². The van der Waals surface area contributed by atoms with Gasteiger partial charge in [-0.15, -0.1) is 0 Å². The molecule has 0 aliphatic carbocycles. The predicted molar refractivity (Wildman–Crippen MR) is 68.8 cm³/mol. The highest BCUT2D eigenvalue weighted by Gasteiger charge is 1.87. The van der Waals surface area contributed by atoms with Crippen LogP contribution in [0.25, 0.3) is 0 Å². The third kappa shape index (κ3) is 40.6. The Hall–Kier alpha value is -0.0800. The van der Waals surface area contributed by atoms with Crippen molar-refractivity contribution in [2.24, 2.45) is 0 Å². The van der Waals surface area contributed by atoms with Crippen molar-refractivity contribution in [3.63, 3.8) is 0 Å². The van der Waals surface area contributed by atoms with E-state index >= 15 is 0 Å². The monoisotopic (exact) mass is 204 g/mol. The van der Waals surface area contributed by atoms with Gasteiger partial charge in [0.2, 0.25) is 0 Å². The molecule has 0 atom stereocenters. The summed E-state index contributed by atoms with van der Waals surface area (Å²) < 4.78 is 0. The zero-order valence-electron chi connectivity index (χ0n) is 11.7. The Morgan fingerprint density at radius 1 is 0.714 bits per heavy atom. The zero-order valence-corrected chi connectivity index (χ0v) is 11.7. The molecule has 0 radical (unpaired) electrons. The average Bonchev–Trinajstić information content (AvgIpc) is 2.08. The zero-order chi connectivity index (χ0) is 12.0. The minimum absolute atomic E-state index is 1.03. The van der Waals surface area contributed by atoms with Gasteiger partial charge in [-0.1, -0.05) is 47.0 Å². The van der Waals surface area contributed by atoms with E-state index in [2.05, 4.69) is 51.8 Å². The van der Waals surface area contributed by atoms with Crippen molar-refractivity contribution in [2.75, 3.05) is 34.9 Å². The summed E-state index contributed by atoms with van der Waals surface area (Å²) in [6.45, 7) is 9.45. The van der Waals surface area contributed by atoms with E-state index in [1.54, 1.807) is 0 Å². The van der Waals surface area contributed by atoms with Crippen molar-refractivity contribution in [1.82, 2.24) is 9.80 Å². The Morgan fingerprint density at radius 2 is 1.00 bits per heavy atom. The maximum atomic E-state index is 2.21. The Morgan fingerprint density at radius 3 is 1.00 bits per heavy atom. The summed E-state index contributed by atoms with van der Waals surface area (Å²) in [6, 6.07) is 0. The second kappa shape index (κ2) is 18.7. The Kier molecular flexibility index (Phi) is 26.0. The first-order valence-corrected chi connectivity index (χ1v) is 5.84. The minimum Gasteiger partial charge on any atom is -0.297 e. The van der Waals surface area contributed by atoms with Crippen LogP contribution in [0.5, 0.6) is 0 Å². The van der Waals surface area contributed by atoms with Gasteiger partial charge in [-0.3, -0.25) is 9.80 Å². The van der Waals surface area contributed by atoms with Crippen LogP contribution in [0.15, 0.2) is 0 Å². The van der Waals surface area contributed by atoms with Crippen LogP contribution in [-0.4, -0.2) is 44.7 Å². The molecule has 0 aliphatic heterocycles. The molecule has 90 valence electrons. The van der Waals surface area contributed by atoms with Gasteiger partial charge in [-0.05, 0) is 28.2 Å². The maximum absolute atomic E-state index is 2.21. The highest BCUT2D eigenvalue weighted by atomic mass is 15.2. The molecule has 0 fully saturated rings. The fraction of sp³-hybridized carbons (Fsp3) is 1.00. The summed E-state index contributed by atoms with van der Waals surface area (Å²) in [5.41, 5.74) is 0. The van der Waals surface area contributed by atoms with Gasteiger partial charge in [0.25, 0.3) is 0 Å². The Bertz CT molecular complexity index is 62.7. The number of hydrogen-bond donors (Lipinski definition) is 0. The lowest BCUT2D eigenvalue weighted by atomic mass is 10.3. The van der Waals surface area contributed by atoms with Crippen molar-refractivity contribution in [3.05, 3.63) is 0 Å². The van der Waals surface area contributed by atoms with Crippen LogP contribution in [-0.2, 0) is 0 Å². The number of rotatable bonds is 4. The molecule has 0 heterocycles. The topological polar surface area (TPSA) is 6.48 Å². The van der Waals surface area contributed by atoms with Crippen LogP contribution in [0.1, 0.15) is 47.0 Å². The smallest absolute Gasteiger partial charge is 0.0495 e. The summed E-state index contributed by atoms with van der Waals surface area (Å²) in [5.74, 6) is 0. The second-order valence-corrected chi connectivity index (χ2v) is 3.65. The molecule has 0 aliphatic rings. The van der Waals surface area contributed by atoms with E-state index in [0.717, 1.165) is 6.67 Å². The molecule has 0 saturated carbocycles. The molecule has 0 N–H and O–H groups in total. The molecule has 0 aromatic carbocycles. The fourth-order valence-electron chi connectivity index (χ4n) is 0.919. The van der Waals surface area contributed by atoms with Crippen molar-refractivity contribution < 1.29 is 0 Å². The molecule has 0 saturated heterocycles. The summed E-state index contributed by atoms with van der Waals surface area (Å²) >= 11 is 0. The van der Waals surface area contributed by atoms with Crippen molar-refractivity contribution in [1.29, 1.82) is 0 Å². The lowest BCUT2D eigenvalue weighted by Crippen LogP contribution is -2.26. The Balaban J connectivity index is -0.000000152. The summed E-state index contributed by atoms with van der Waals surface area (Å²) in [7, 11) is 8.22. The van der Waals surface area contributed by atoms with Gasteiger partial charge in [-0.2, -0.15) is 0 Å². The molecule has 2 nitrogen and oxygen atoms in total. The van der Waals surface area contributed by atoms with Crippen LogP contribution < -0.4 is 0 Å². The van der Waals surface area contributed by atoms with Crippen LogP contribution >= 0.6 is 0 Å². The lowest BCUT2D eigenvalue weighted by Gasteiger charge is -2.14. The van der Waals surface area contributed by atoms with E-state index in [0.29, 0.717) is 0 Å². The van der Waals surface area contributed by atoms with Crippen molar-refractivity contribution in [2.45, 2.75) is 47.0 Å². The SMILES string of the molecule is CC.CCCCC.CN(C)CN(C)C. The van der Waals surface area contributed by atoms with E-state index in [1.807, 2.05) is 13.8 Å². The van der Waals surface area contributed by atoms with Gasteiger partial charge < -0.3 is 0 Å². The van der Waals surface area contributed by atoms with Gasteiger partial charge in [0, 0.05) is 6.67 Å². The minimum atomic E-state index is 1.03. The standard InChI is InChI=1S/C5H14N2.C5H12.C2H6/c1-6(2)5-7(3)4;1-3-5-4-2;1-2/h5H2,1-4H3;3-5H2,1-2H3;1-2H3. The lowest BCUT2D eigenvalue weighted by molar-refractivity contribution is 0.245. The van der Waals surface area contributed by atoms with Gasteiger partial charge in [0.1, 0.15) is 0 Å². The number of nitrogens with zero attached hydrogens (tertiary/aromatic N) is 2. The van der Waals surface area contributed by atoms with Gasteiger partial charge in [-0.25, -0.2) is 0 Å². The summed E-state index contributed by atoms with van der Waals surface area (Å²) in [5, 5.41) is 0. The quantitative estimate of drug-likeness (QED) is 0.648. The summed E-state index contributed by atoms with van der Waals surface area (Å²) in [6.07, 6.45) is 4.08. The second-order valence-electron chi connectivity index (χ2n) is 3.65. The van der Waals surface area contributed by atoms with E-state index in [4.69, 9.17) is 0 Å². The molecule has 0 spiro atoms. The molecule has 14 heavy (non-hydrogen) atoms. The first-order chi connectivity index (χ1) is 6.54. The van der Waals surface area contributed by atoms with Crippen LogP contribution in [0, 0.1) is 0 Å². The first kappa shape index (κ1) is 19.5. The fourth-order valence-corrected chi connectivity index (χ4v) is 0.919. The molecular formula is C12H32N2. The van der Waals surface area contributed by atoms with Gasteiger partial charge in [0.05, 0.1) is 0 Å². The molecule has 0 aromatic rings. The van der Waals surface area contributed by atoms with Gasteiger partial charge >= 0.3 is 0 Å². The maximum Gasteiger partial charge on any atom is 0.0495 e. The van der Waals surface area contributed by atoms with E-state index in [1.165, 1.54) is 19.3 Å². The molecular weight excluding hydrogens is 172 g/mol. The predicted octanol–water partition coefficient (Wildman–Crippen LogP) is 3.29. The number of unbranched alkanes of at least 4 members (excludes halogenated alkanes) is 2. The van der Waals surface area contributed by atoms with Crippen molar-refractivity contribution in [3.8, 4) is 0 Å². The van der Waals surface area contributed by atoms with Crippen LogP contribution in [0.3, 0.4) is 0 Å². The average molecular weight is 204 g/mol. The summed E-state index contributed by atoms with van der Waals surface area (Å²) in [4.78, 5) is 4.25. The molecule has 0 aromatic heterocycles. The molecule has 0 amide bonds. The first-order valence-electron chi connectivity index (χ1n) is 5.84. The van der Waals surface area contributed by atoms with Crippen molar-refractivity contribution >= 4 is 0 Å². The highest BCUT2D eigenvalue weighted by Crippen LogP contribution is 1.88. The normalized spacial score (nSPS) is 9.00. The third-order valence-electron chi connectivity index (χ3n) is 1.27. The molecule has 0 rings (SSSR count). The van der Waals surface area contributed by atoms with E-state index in [9.17, 15) is 0 Å². The molecule has 0 bridgehead atoms. The van der Waals surface area contributed by atoms with Crippen LogP contribution in [0.2, 0.25) is 0 Å². The molecule has 2 heteroatoms.